The molecule has 1 aliphatic heterocycles. The summed E-state index contributed by atoms with van der Waals surface area (Å²) >= 11 is 8.31. The molecule has 4 atom stereocenters. The number of amides is 4. The van der Waals surface area contributed by atoms with Crippen LogP contribution in [0.5, 0.6) is 0 Å². The van der Waals surface area contributed by atoms with Crippen molar-refractivity contribution >= 4 is 54.9 Å². The summed E-state index contributed by atoms with van der Waals surface area (Å²) in [5.74, 6) is -3.32. The van der Waals surface area contributed by atoms with E-state index in [9.17, 15) is 24.0 Å². The van der Waals surface area contributed by atoms with E-state index in [1.165, 1.54) is 6.08 Å². The fraction of sp³-hybridized carbons (Fsp3) is 0.625. The Labute approximate surface area is 223 Å². The summed E-state index contributed by atoms with van der Waals surface area (Å²) < 4.78 is 5.59. The Morgan fingerprint density at radius 2 is 1.58 bits per heavy atom. The Morgan fingerprint density at radius 1 is 0.944 bits per heavy atom. The average Bonchev–Trinajstić information content (AvgIpc) is 2.81. The Morgan fingerprint density at radius 3 is 2.11 bits per heavy atom. The Bertz CT molecular complexity index is 875. The second kappa shape index (κ2) is 15.6. The lowest BCUT2D eigenvalue weighted by atomic mass is 10.0. The number of rotatable bonds is 6. The minimum atomic E-state index is -1.07. The molecule has 1 heterocycles. The van der Waals surface area contributed by atoms with E-state index in [0.717, 1.165) is 0 Å². The molecule has 0 radical (unpaired) electrons. The molecule has 0 aromatic carbocycles. The van der Waals surface area contributed by atoms with Crippen molar-refractivity contribution in [2.45, 2.75) is 71.7 Å². The first-order valence-electron chi connectivity index (χ1n) is 11.9. The van der Waals surface area contributed by atoms with Crippen LogP contribution in [0.15, 0.2) is 23.9 Å². The number of thiol groups is 2. The number of ether oxygens (including phenoxy) is 1. The maximum atomic E-state index is 13.0. The number of esters is 1. The van der Waals surface area contributed by atoms with Gasteiger partial charge in [-0.25, -0.2) is 4.79 Å². The zero-order valence-electron chi connectivity index (χ0n) is 21.4. The summed E-state index contributed by atoms with van der Waals surface area (Å²) in [7, 11) is 0. The molecular formula is C24H38N4O6S2. The monoisotopic (exact) mass is 542 g/mol. The fourth-order valence-electron chi connectivity index (χ4n) is 3.30. The van der Waals surface area contributed by atoms with Crippen molar-refractivity contribution in [1.82, 2.24) is 21.3 Å². The minimum absolute atomic E-state index is 0.0477. The molecule has 4 amide bonds. The maximum Gasteiger partial charge on any atom is 0.329 e. The van der Waals surface area contributed by atoms with E-state index >= 15 is 0 Å². The lowest BCUT2D eigenvalue weighted by Crippen LogP contribution is -2.57. The summed E-state index contributed by atoms with van der Waals surface area (Å²) in [6.07, 6.45) is 4.16. The third kappa shape index (κ3) is 9.88. The summed E-state index contributed by atoms with van der Waals surface area (Å²) in [6, 6.07) is -3.06. The molecule has 12 heteroatoms. The van der Waals surface area contributed by atoms with Crippen LogP contribution in [0.2, 0.25) is 0 Å². The lowest BCUT2D eigenvalue weighted by Gasteiger charge is -2.27. The van der Waals surface area contributed by atoms with Crippen molar-refractivity contribution in [3.8, 4) is 0 Å². The van der Waals surface area contributed by atoms with Gasteiger partial charge in [-0.1, -0.05) is 39.8 Å². The molecule has 202 valence electrons. The number of hydrogen-bond acceptors (Lipinski definition) is 8. The van der Waals surface area contributed by atoms with E-state index in [4.69, 9.17) is 4.74 Å². The van der Waals surface area contributed by atoms with Crippen molar-refractivity contribution in [1.29, 1.82) is 0 Å². The van der Waals surface area contributed by atoms with Gasteiger partial charge in [0.2, 0.25) is 17.7 Å². The van der Waals surface area contributed by atoms with Gasteiger partial charge in [-0.2, -0.15) is 25.3 Å². The number of carbonyl (C=O) groups is 5. The highest BCUT2D eigenvalue weighted by molar-refractivity contribution is 7.80. The van der Waals surface area contributed by atoms with Crippen LogP contribution in [-0.2, 0) is 28.7 Å². The van der Waals surface area contributed by atoms with Crippen molar-refractivity contribution in [2.24, 2.45) is 11.8 Å². The van der Waals surface area contributed by atoms with Crippen LogP contribution < -0.4 is 21.3 Å². The van der Waals surface area contributed by atoms with Gasteiger partial charge in [0.1, 0.15) is 29.9 Å². The summed E-state index contributed by atoms with van der Waals surface area (Å²) in [4.78, 5) is 64.5. The topological polar surface area (TPSA) is 143 Å². The molecule has 0 saturated carbocycles. The molecule has 1 aliphatic rings. The van der Waals surface area contributed by atoms with Crippen LogP contribution in [0, 0.1) is 11.8 Å². The van der Waals surface area contributed by atoms with Crippen molar-refractivity contribution in [2.75, 3.05) is 11.5 Å². The van der Waals surface area contributed by atoms with Crippen molar-refractivity contribution in [3.63, 3.8) is 0 Å². The van der Waals surface area contributed by atoms with Crippen molar-refractivity contribution < 1.29 is 28.7 Å². The molecule has 1 fully saturated rings. The van der Waals surface area contributed by atoms with Gasteiger partial charge in [-0.15, -0.1) is 0 Å². The number of carbonyl (C=O) groups excluding carboxylic acids is 5. The standard InChI is InChI=1S/C24H38N4O6S2/c1-6-16-21(30)28-20(14(4)5)24(33)34-15(9-7-8-10-35)11-18(29)27-19(13(2)3)23(32)26-17(12-36)22(31)25-16/h6-7,9,13-15,17,19-20,35-36H,8,10-12H2,1-5H3,(H,25,31)(H,26,32)(H,27,29)(H,28,30)/b9-7+,16-6-/t15?,17-,19+,20?/m1/s1. The number of hydrogen-bond donors (Lipinski definition) is 6. The molecule has 4 N–H and O–H groups in total. The molecule has 2 unspecified atom stereocenters. The van der Waals surface area contributed by atoms with Crippen LogP contribution in [0.25, 0.3) is 0 Å². The third-order valence-corrected chi connectivity index (χ3v) is 6.00. The van der Waals surface area contributed by atoms with Crippen LogP contribution in [0.3, 0.4) is 0 Å². The largest absolute Gasteiger partial charge is 0.456 e. The molecule has 1 rings (SSSR count). The number of nitrogens with one attached hydrogen (secondary N) is 4. The Balaban J connectivity index is 3.43. The molecule has 36 heavy (non-hydrogen) atoms. The normalized spacial score (nSPS) is 26.6. The second-order valence-corrected chi connectivity index (χ2v) is 9.85. The average molecular weight is 543 g/mol. The summed E-state index contributed by atoms with van der Waals surface area (Å²) in [6.45, 7) is 8.51. The van der Waals surface area contributed by atoms with Gasteiger partial charge in [0, 0.05) is 5.75 Å². The highest BCUT2D eigenvalue weighted by atomic mass is 32.1. The quantitative estimate of drug-likeness (QED) is 0.127. The maximum absolute atomic E-state index is 13.0. The predicted molar refractivity (Wildman–Crippen MR) is 143 cm³/mol. The highest BCUT2D eigenvalue weighted by Gasteiger charge is 2.33. The van der Waals surface area contributed by atoms with Gasteiger partial charge < -0.3 is 26.0 Å². The predicted octanol–water partition coefficient (Wildman–Crippen LogP) is 0.894. The van der Waals surface area contributed by atoms with E-state index in [2.05, 4.69) is 46.5 Å². The second-order valence-electron chi connectivity index (χ2n) is 9.04. The Kier molecular flexibility index (Phi) is 13.7. The van der Waals surface area contributed by atoms with Crippen LogP contribution in [0.1, 0.15) is 47.5 Å². The van der Waals surface area contributed by atoms with E-state index < -0.39 is 53.8 Å². The summed E-state index contributed by atoms with van der Waals surface area (Å²) in [5.41, 5.74) is -0.0921. The van der Waals surface area contributed by atoms with Crippen LogP contribution in [0.4, 0.5) is 0 Å². The van der Waals surface area contributed by atoms with E-state index in [1.54, 1.807) is 46.8 Å². The first-order chi connectivity index (χ1) is 16.9. The number of cyclic esters (lactones) is 1. The SMILES string of the molecule is C/C=C1\NC(=O)[C@@H](CS)NC(=O)[C@H](C(C)C)NC(=O)CC(/C=C/CCS)OC(=O)C(C(C)C)NC1=O. The molecule has 0 aromatic rings. The van der Waals surface area contributed by atoms with Gasteiger partial charge in [0.25, 0.3) is 5.91 Å². The smallest absolute Gasteiger partial charge is 0.329 e. The van der Waals surface area contributed by atoms with Gasteiger partial charge in [0.15, 0.2) is 0 Å². The summed E-state index contributed by atoms with van der Waals surface area (Å²) in [5, 5.41) is 10.3. The zero-order valence-corrected chi connectivity index (χ0v) is 23.2. The molecule has 0 aromatic heterocycles. The molecule has 0 spiro atoms. The van der Waals surface area contributed by atoms with E-state index in [0.29, 0.717) is 12.2 Å². The first kappa shape index (κ1) is 31.6. The molecule has 0 bridgehead atoms. The van der Waals surface area contributed by atoms with Crippen LogP contribution in [-0.4, -0.2) is 65.3 Å². The van der Waals surface area contributed by atoms with Gasteiger partial charge in [-0.3, -0.25) is 19.2 Å². The van der Waals surface area contributed by atoms with Gasteiger partial charge in [0.05, 0.1) is 6.42 Å². The molecule has 10 nitrogen and oxygen atoms in total. The van der Waals surface area contributed by atoms with Crippen LogP contribution >= 0.6 is 25.3 Å². The fourth-order valence-corrected chi connectivity index (χ4v) is 3.70. The molecular weight excluding hydrogens is 504 g/mol. The van der Waals surface area contributed by atoms with E-state index in [-0.39, 0.29) is 29.7 Å². The van der Waals surface area contributed by atoms with Crippen molar-refractivity contribution in [3.05, 3.63) is 23.9 Å². The zero-order chi connectivity index (χ0) is 27.4. The third-order valence-electron chi connectivity index (χ3n) is 5.38. The molecule has 0 aliphatic carbocycles. The van der Waals surface area contributed by atoms with E-state index in [1.807, 2.05) is 0 Å². The lowest BCUT2D eigenvalue weighted by molar-refractivity contribution is -0.153. The first-order valence-corrected chi connectivity index (χ1v) is 13.2. The molecule has 1 saturated heterocycles. The number of allylic oxidation sites excluding steroid dienone is 2. The van der Waals surface area contributed by atoms with Gasteiger partial charge >= 0.3 is 5.97 Å². The van der Waals surface area contributed by atoms with Gasteiger partial charge in [-0.05, 0) is 37.0 Å². The minimum Gasteiger partial charge on any atom is -0.456 e. The highest BCUT2D eigenvalue weighted by Crippen LogP contribution is 2.12. The Hall–Kier alpha value is -2.47.